The molecule has 5 nitrogen and oxygen atoms in total. The van der Waals surface area contributed by atoms with Crippen LogP contribution in [-0.2, 0) is 17.6 Å². The van der Waals surface area contributed by atoms with E-state index in [1.807, 2.05) is 24.0 Å². The van der Waals surface area contributed by atoms with Crippen molar-refractivity contribution in [3.05, 3.63) is 23.3 Å². The number of benzene rings is 1. The van der Waals surface area contributed by atoms with Gasteiger partial charge in [-0.05, 0) is 49.4 Å². The van der Waals surface area contributed by atoms with E-state index in [4.69, 9.17) is 0 Å². The predicted molar refractivity (Wildman–Crippen MR) is 78.1 cm³/mol. The van der Waals surface area contributed by atoms with Gasteiger partial charge in [0.25, 0.3) is 0 Å². The van der Waals surface area contributed by atoms with Crippen molar-refractivity contribution < 1.29 is 9.59 Å². The van der Waals surface area contributed by atoms with Crippen molar-refractivity contribution >= 4 is 23.3 Å². The van der Waals surface area contributed by atoms with E-state index in [9.17, 15) is 9.59 Å². The summed E-state index contributed by atoms with van der Waals surface area (Å²) in [5.41, 5.74) is 4.26. The van der Waals surface area contributed by atoms with Gasteiger partial charge in [-0.15, -0.1) is 0 Å². The van der Waals surface area contributed by atoms with E-state index in [-0.39, 0.29) is 11.9 Å². The van der Waals surface area contributed by atoms with E-state index >= 15 is 0 Å². The molecule has 0 radical (unpaired) electrons. The molecule has 0 bridgehead atoms. The van der Waals surface area contributed by atoms with Crippen LogP contribution in [-0.4, -0.2) is 25.0 Å². The number of nitrogens with zero attached hydrogens (tertiary/aromatic N) is 1. The van der Waals surface area contributed by atoms with Crippen molar-refractivity contribution in [2.75, 3.05) is 23.3 Å². The second kappa shape index (κ2) is 5.15. The summed E-state index contributed by atoms with van der Waals surface area (Å²) in [6.45, 7) is 3.31. The Bertz CT molecular complexity index is 551. The van der Waals surface area contributed by atoms with Gasteiger partial charge in [0.2, 0.25) is 5.91 Å². The van der Waals surface area contributed by atoms with Gasteiger partial charge in [0.05, 0.1) is 5.69 Å². The number of amides is 3. The van der Waals surface area contributed by atoms with Crippen LogP contribution in [0.1, 0.15) is 30.9 Å². The molecular weight excluding hydrogens is 254 g/mol. The molecule has 3 rings (SSSR count). The quantitative estimate of drug-likeness (QED) is 0.866. The molecule has 0 aliphatic carbocycles. The minimum Gasteiger partial charge on any atom is -0.338 e. The van der Waals surface area contributed by atoms with Crippen LogP contribution < -0.4 is 15.5 Å². The Kier molecular flexibility index (Phi) is 3.34. The van der Waals surface area contributed by atoms with Crippen LogP contribution >= 0.6 is 0 Å². The first kappa shape index (κ1) is 13.0. The van der Waals surface area contributed by atoms with Gasteiger partial charge in [0, 0.05) is 25.2 Å². The number of rotatable bonds is 2. The van der Waals surface area contributed by atoms with Gasteiger partial charge in [-0.1, -0.05) is 0 Å². The lowest BCUT2D eigenvalue weighted by atomic mass is 9.91. The highest BCUT2D eigenvalue weighted by Crippen LogP contribution is 2.37. The monoisotopic (exact) mass is 273 g/mol. The summed E-state index contributed by atoms with van der Waals surface area (Å²) in [7, 11) is 0. The van der Waals surface area contributed by atoms with Gasteiger partial charge in [-0.25, -0.2) is 4.79 Å². The summed E-state index contributed by atoms with van der Waals surface area (Å²) in [4.78, 5) is 25.5. The largest absolute Gasteiger partial charge is 0.338 e. The van der Waals surface area contributed by atoms with E-state index in [0.29, 0.717) is 13.0 Å². The molecule has 0 spiro atoms. The van der Waals surface area contributed by atoms with Crippen LogP contribution in [0.25, 0.3) is 0 Å². The Hall–Kier alpha value is -2.04. The summed E-state index contributed by atoms with van der Waals surface area (Å²) in [6, 6.07) is 3.82. The molecule has 0 aromatic heterocycles. The Morgan fingerprint density at radius 2 is 2.00 bits per heavy atom. The lowest BCUT2D eigenvalue weighted by Gasteiger charge is -2.35. The van der Waals surface area contributed by atoms with Gasteiger partial charge in [-0.2, -0.15) is 0 Å². The molecule has 106 valence electrons. The van der Waals surface area contributed by atoms with Gasteiger partial charge in [-0.3, -0.25) is 4.79 Å². The SMILES string of the molecule is CCNC(=O)Nc1cc2c3c(c1)CCC(=O)N3CCC2. The third kappa shape index (κ3) is 2.24. The molecule has 2 heterocycles. The summed E-state index contributed by atoms with van der Waals surface area (Å²) in [5, 5.41) is 5.59. The average Bonchev–Trinajstić information content (AvgIpc) is 2.43. The summed E-state index contributed by atoms with van der Waals surface area (Å²) in [5.74, 6) is 0.225. The van der Waals surface area contributed by atoms with Crippen LogP contribution in [0.15, 0.2) is 12.1 Å². The van der Waals surface area contributed by atoms with E-state index in [1.54, 1.807) is 0 Å². The van der Waals surface area contributed by atoms with E-state index in [2.05, 4.69) is 10.6 Å². The standard InChI is InChI=1S/C15H19N3O2/c1-2-16-15(20)17-12-8-10-4-3-7-18-13(19)6-5-11(9-12)14(10)18/h8-9H,2-7H2,1H3,(H2,16,17,20). The zero-order chi connectivity index (χ0) is 14.1. The fraction of sp³-hybridized carbons (Fsp3) is 0.467. The van der Waals surface area contributed by atoms with Crippen molar-refractivity contribution in [2.24, 2.45) is 0 Å². The second-order valence-corrected chi connectivity index (χ2v) is 5.28. The molecule has 2 N–H and O–H groups in total. The first-order valence-electron chi connectivity index (χ1n) is 7.20. The lowest BCUT2D eigenvalue weighted by molar-refractivity contribution is -0.119. The van der Waals surface area contributed by atoms with Crippen LogP contribution in [0.5, 0.6) is 0 Å². The number of anilines is 2. The van der Waals surface area contributed by atoms with Crippen LogP contribution in [0, 0.1) is 0 Å². The molecule has 0 saturated carbocycles. The first-order valence-corrected chi connectivity index (χ1v) is 7.20. The van der Waals surface area contributed by atoms with Crippen LogP contribution in [0.4, 0.5) is 16.2 Å². The first-order chi connectivity index (χ1) is 9.69. The smallest absolute Gasteiger partial charge is 0.319 e. The molecule has 3 amide bonds. The average molecular weight is 273 g/mol. The highest BCUT2D eigenvalue weighted by atomic mass is 16.2. The number of nitrogens with one attached hydrogen (secondary N) is 2. The Morgan fingerprint density at radius 1 is 1.25 bits per heavy atom. The third-order valence-corrected chi connectivity index (χ3v) is 3.87. The number of aryl methyl sites for hydroxylation is 2. The maximum absolute atomic E-state index is 12.0. The third-order valence-electron chi connectivity index (χ3n) is 3.87. The minimum atomic E-state index is -0.181. The number of urea groups is 1. The number of hydrogen-bond acceptors (Lipinski definition) is 2. The Morgan fingerprint density at radius 3 is 2.75 bits per heavy atom. The van der Waals surface area contributed by atoms with Gasteiger partial charge in [0.1, 0.15) is 0 Å². The number of carbonyl (C=O) groups excluding carboxylic acids is 2. The molecule has 1 aromatic carbocycles. The molecule has 0 unspecified atom stereocenters. The molecule has 2 aliphatic heterocycles. The van der Waals surface area contributed by atoms with E-state index in [1.165, 1.54) is 11.1 Å². The zero-order valence-corrected chi connectivity index (χ0v) is 11.7. The topological polar surface area (TPSA) is 61.4 Å². The molecule has 1 aromatic rings. The number of carbonyl (C=O) groups is 2. The van der Waals surface area contributed by atoms with E-state index < -0.39 is 0 Å². The van der Waals surface area contributed by atoms with Crippen molar-refractivity contribution in [3.63, 3.8) is 0 Å². The molecule has 20 heavy (non-hydrogen) atoms. The molecule has 0 fully saturated rings. The van der Waals surface area contributed by atoms with Crippen molar-refractivity contribution in [1.82, 2.24) is 5.32 Å². The maximum Gasteiger partial charge on any atom is 0.319 e. The predicted octanol–water partition coefficient (Wildman–Crippen LogP) is 2.05. The van der Waals surface area contributed by atoms with Crippen molar-refractivity contribution in [3.8, 4) is 0 Å². The zero-order valence-electron chi connectivity index (χ0n) is 11.7. The fourth-order valence-electron chi connectivity index (χ4n) is 3.06. The van der Waals surface area contributed by atoms with Gasteiger partial charge >= 0.3 is 6.03 Å². The summed E-state index contributed by atoms with van der Waals surface area (Å²) in [6.07, 6.45) is 3.29. The Labute approximate surface area is 118 Å². The number of hydrogen-bond donors (Lipinski definition) is 2. The van der Waals surface area contributed by atoms with Crippen LogP contribution in [0.2, 0.25) is 0 Å². The normalized spacial score (nSPS) is 16.6. The highest BCUT2D eigenvalue weighted by molar-refractivity contribution is 5.99. The molecule has 0 atom stereocenters. The summed E-state index contributed by atoms with van der Waals surface area (Å²) >= 11 is 0. The fourth-order valence-corrected chi connectivity index (χ4v) is 3.06. The molecular formula is C15H19N3O2. The van der Waals surface area contributed by atoms with Gasteiger partial charge < -0.3 is 15.5 Å². The van der Waals surface area contributed by atoms with Crippen LogP contribution in [0.3, 0.4) is 0 Å². The summed E-state index contributed by atoms with van der Waals surface area (Å²) < 4.78 is 0. The maximum atomic E-state index is 12.0. The van der Waals surface area contributed by atoms with E-state index in [0.717, 1.165) is 37.2 Å². The lowest BCUT2D eigenvalue weighted by Crippen LogP contribution is -2.39. The molecule has 0 saturated heterocycles. The molecule has 2 aliphatic rings. The van der Waals surface area contributed by atoms with Crippen molar-refractivity contribution in [2.45, 2.75) is 32.6 Å². The van der Waals surface area contributed by atoms with Gasteiger partial charge in [0.15, 0.2) is 0 Å². The second-order valence-electron chi connectivity index (χ2n) is 5.28. The Balaban J connectivity index is 1.94. The van der Waals surface area contributed by atoms with Crippen molar-refractivity contribution in [1.29, 1.82) is 0 Å². The highest BCUT2D eigenvalue weighted by Gasteiger charge is 2.29. The molecule has 5 heteroatoms. The minimum absolute atomic E-state index is 0.181.